The van der Waals surface area contributed by atoms with E-state index in [0.717, 1.165) is 10.5 Å². The third-order valence-corrected chi connectivity index (χ3v) is 4.35. The number of carboxylic acids is 1. The average Bonchev–Trinajstić information content (AvgIpc) is 2.84. The van der Waals surface area contributed by atoms with Crippen LogP contribution in [0, 0.1) is 6.92 Å². The molecule has 0 amide bonds. The number of aromatic amines is 1. The summed E-state index contributed by atoms with van der Waals surface area (Å²) in [6.45, 7) is 0.840. The van der Waals surface area contributed by atoms with Crippen molar-refractivity contribution in [3.05, 3.63) is 36.3 Å². The second-order valence-corrected chi connectivity index (χ2v) is 6.09. The van der Waals surface area contributed by atoms with Gasteiger partial charge in [-0.15, -0.1) is 0 Å². The molecule has 0 bridgehead atoms. The Balaban J connectivity index is 2.49. The molecule has 0 fully saturated rings. The Morgan fingerprint density at radius 1 is 1.33 bits per heavy atom. The van der Waals surface area contributed by atoms with Gasteiger partial charge in [-0.1, -0.05) is 0 Å². The van der Waals surface area contributed by atoms with Gasteiger partial charge in [-0.25, -0.2) is 4.98 Å². The predicted molar refractivity (Wildman–Crippen MR) is 73.6 cm³/mol. The summed E-state index contributed by atoms with van der Waals surface area (Å²) in [4.78, 5) is 17.3. The molecule has 3 N–H and O–H groups in total. The fourth-order valence-electron chi connectivity index (χ4n) is 1.70. The van der Waals surface area contributed by atoms with Gasteiger partial charge in [-0.05, 0) is 31.2 Å². The molecule has 0 unspecified atom stereocenters. The molecule has 9 heteroatoms. The number of aromatic nitrogens is 2. The summed E-state index contributed by atoms with van der Waals surface area (Å²) in [7, 11) is -4.09. The van der Waals surface area contributed by atoms with E-state index in [2.05, 4.69) is 9.97 Å². The van der Waals surface area contributed by atoms with Crippen LogP contribution in [0.15, 0.2) is 35.5 Å². The van der Waals surface area contributed by atoms with Crippen molar-refractivity contribution in [1.29, 1.82) is 0 Å². The molecule has 0 saturated heterocycles. The lowest BCUT2D eigenvalue weighted by molar-refractivity contribution is -0.135. The van der Waals surface area contributed by atoms with Gasteiger partial charge in [0.15, 0.2) is 5.03 Å². The van der Waals surface area contributed by atoms with Crippen LogP contribution in [0.3, 0.4) is 0 Å². The SMILES string of the molecule is Cc1ncc(S(=O)(=O)N(CC(=O)O)c2ccc(O)cc2)[nH]1. The van der Waals surface area contributed by atoms with Gasteiger partial charge in [0.1, 0.15) is 18.1 Å². The van der Waals surface area contributed by atoms with Crippen molar-refractivity contribution < 1.29 is 23.4 Å². The first-order chi connectivity index (χ1) is 9.80. The van der Waals surface area contributed by atoms with Crippen molar-refractivity contribution in [2.24, 2.45) is 0 Å². The highest BCUT2D eigenvalue weighted by atomic mass is 32.2. The van der Waals surface area contributed by atoms with Crippen LogP contribution in [0.5, 0.6) is 5.75 Å². The molecule has 21 heavy (non-hydrogen) atoms. The zero-order chi connectivity index (χ0) is 15.6. The maximum atomic E-state index is 12.5. The smallest absolute Gasteiger partial charge is 0.324 e. The van der Waals surface area contributed by atoms with Gasteiger partial charge in [0.2, 0.25) is 0 Å². The second kappa shape index (κ2) is 5.44. The molecule has 1 aromatic carbocycles. The summed E-state index contributed by atoms with van der Waals surface area (Å²) in [6, 6.07) is 5.19. The number of phenolic OH excluding ortho intramolecular Hbond substituents is 1. The number of aliphatic carboxylic acids is 1. The zero-order valence-electron chi connectivity index (χ0n) is 11.0. The van der Waals surface area contributed by atoms with Gasteiger partial charge < -0.3 is 15.2 Å². The van der Waals surface area contributed by atoms with E-state index in [-0.39, 0.29) is 16.5 Å². The minimum Gasteiger partial charge on any atom is -0.508 e. The highest BCUT2D eigenvalue weighted by Gasteiger charge is 2.28. The molecule has 0 spiro atoms. The fraction of sp³-hybridized carbons (Fsp3) is 0.167. The molecule has 1 aromatic heterocycles. The van der Waals surface area contributed by atoms with E-state index in [4.69, 9.17) is 5.11 Å². The number of aryl methyl sites for hydroxylation is 1. The molecule has 1 heterocycles. The quantitative estimate of drug-likeness (QED) is 0.747. The highest BCUT2D eigenvalue weighted by Crippen LogP contribution is 2.24. The van der Waals surface area contributed by atoms with Gasteiger partial charge in [0, 0.05) is 0 Å². The highest BCUT2D eigenvalue weighted by molar-refractivity contribution is 7.92. The van der Waals surface area contributed by atoms with Crippen LogP contribution in [0.25, 0.3) is 0 Å². The lowest BCUT2D eigenvalue weighted by Gasteiger charge is -2.21. The number of imidazole rings is 1. The predicted octanol–water partition coefficient (Wildman–Crippen LogP) is 0.704. The van der Waals surface area contributed by atoms with Crippen molar-refractivity contribution in [3.8, 4) is 5.75 Å². The number of hydrogen-bond donors (Lipinski definition) is 3. The van der Waals surface area contributed by atoms with Gasteiger partial charge in [-0.2, -0.15) is 8.42 Å². The normalized spacial score (nSPS) is 11.3. The summed E-state index contributed by atoms with van der Waals surface area (Å²) >= 11 is 0. The molecule has 2 rings (SSSR count). The summed E-state index contributed by atoms with van der Waals surface area (Å²) < 4.78 is 25.7. The number of hydrogen-bond acceptors (Lipinski definition) is 5. The van der Waals surface area contributed by atoms with Crippen molar-refractivity contribution in [2.45, 2.75) is 11.9 Å². The van der Waals surface area contributed by atoms with Crippen molar-refractivity contribution in [2.75, 3.05) is 10.8 Å². The number of phenols is 1. The first kappa shape index (κ1) is 14.9. The first-order valence-electron chi connectivity index (χ1n) is 5.86. The maximum Gasteiger partial charge on any atom is 0.324 e. The monoisotopic (exact) mass is 311 g/mol. The van der Waals surface area contributed by atoms with Crippen molar-refractivity contribution in [3.63, 3.8) is 0 Å². The minimum atomic E-state index is -4.09. The van der Waals surface area contributed by atoms with Gasteiger partial charge in [0.05, 0.1) is 11.9 Å². The Labute approximate surface area is 120 Å². The van der Waals surface area contributed by atoms with Crippen LogP contribution in [0.4, 0.5) is 5.69 Å². The molecular formula is C12H13N3O5S. The van der Waals surface area contributed by atoms with E-state index >= 15 is 0 Å². The Morgan fingerprint density at radius 2 is 1.95 bits per heavy atom. The van der Waals surface area contributed by atoms with Crippen LogP contribution >= 0.6 is 0 Å². The van der Waals surface area contributed by atoms with E-state index in [9.17, 15) is 18.3 Å². The Morgan fingerprint density at radius 3 is 2.43 bits per heavy atom. The van der Waals surface area contributed by atoms with Crippen LogP contribution in [0.2, 0.25) is 0 Å². The lowest BCUT2D eigenvalue weighted by Crippen LogP contribution is -2.35. The minimum absolute atomic E-state index is 0.0520. The van der Waals surface area contributed by atoms with E-state index in [1.165, 1.54) is 24.3 Å². The molecule has 0 saturated carbocycles. The summed E-state index contributed by atoms with van der Waals surface area (Å²) in [5.74, 6) is -0.957. The van der Waals surface area contributed by atoms with Crippen LogP contribution < -0.4 is 4.31 Å². The number of aromatic hydroxyl groups is 1. The molecule has 0 aliphatic heterocycles. The molecule has 0 radical (unpaired) electrons. The summed E-state index contributed by atoms with van der Waals surface area (Å²) in [5, 5.41) is 18.0. The Hall–Kier alpha value is -2.55. The van der Waals surface area contributed by atoms with Crippen molar-refractivity contribution in [1.82, 2.24) is 9.97 Å². The van der Waals surface area contributed by atoms with E-state index in [1.807, 2.05) is 0 Å². The molecule has 8 nitrogen and oxygen atoms in total. The van der Waals surface area contributed by atoms with Gasteiger partial charge >= 0.3 is 5.97 Å². The number of nitrogens with one attached hydrogen (secondary N) is 1. The summed E-state index contributed by atoms with van der Waals surface area (Å²) in [6.07, 6.45) is 1.12. The number of sulfonamides is 1. The van der Waals surface area contributed by atoms with Crippen LogP contribution in [0.1, 0.15) is 5.82 Å². The number of nitrogens with zero attached hydrogens (tertiary/aromatic N) is 2. The van der Waals surface area contributed by atoms with Crippen molar-refractivity contribution >= 4 is 21.7 Å². The van der Waals surface area contributed by atoms with Crippen LogP contribution in [-0.2, 0) is 14.8 Å². The molecular weight excluding hydrogens is 298 g/mol. The number of carboxylic acid groups (broad SMARTS) is 1. The van der Waals surface area contributed by atoms with Crippen LogP contribution in [-0.4, -0.2) is 41.1 Å². The third-order valence-electron chi connectivity index (χ3n) is 2.66. The number of H-pyrrole nitrogens is 1. The number of benzene rings is 1. The lowest BCUT2D eigenvalue weighted by atomic mass is 10.3. The molecule has 2 aromatic rings. The zero-order valence-corrected chi connectivity index (χ0v) is 11.8. The Bertz CT molecular complexity index is 751. The van der Waals surface area contributed by atoms with Gasteiger partial charge in [0.25, 0.3) is 10.0 Å². The fourth-order valence-corrected chi connectivity index (χ4v) is 3.08. The average molecular weight is 311 g/mol. The first-order valence-corrected chi connectivity index (χ1v) is 7.30. The number of anilines is 1. The summed E-state index contributed by atoms with van der Waals surface area (Å²) in [5.41, 5.74) is 0.127. The third kappa shape index (κ3) is 3.14. The van der Waals surface area contributed by atoms with E-state index in [0.29, 0.717) is 5.82 Å². The second-order valence-electron chi connectivity index (χ2n) is 4.25. The Kier molecular flexibility index (Phi) is 3.85. The van der Waals surface area contributed by atoms with E-state index < -0.39 is 22.5 Å². The van der Waals surface area contributed by atoms with E-state index in [1.54, 1.807) is 6.92 Å². The topological polar surface area (TPSA) is 124 Å². The van der Waals surface area contributed by atoms with Gasteiger partial charge in [-0.3, -0.25) is 9.10 Å². The number of carbonyl (C=O) groups is 1. The standard InChI is InChI=1S/C12H13N3O5S/c1-8-13-6-11(14-8)21(19,20)15(7-12(17)18)9-2-4-10(16)5-3-9/h2-6,16H,7H2,1H3,(H,13,14)(H,17,18). The molecule has 112 valence electrons. The molecule has 0 aliphatic carbocycles. The molecule has 0 aliphatic rings. The molecule has 0 atom stereocenters. The largest absolute Gasteiger partial charge is 0.508 e. The number of rotatable bonds is 5. The maximum absolute atomic E-state index is 12.5.